The number of hydrogen-bond donors (Lipinski definition) is 0. The van der Waals surface area contributed by atoms with Crippen LogP contribution < -0.4 is 0 Å². The Morgan fingerprint density at radius 2 is 1.57 bits per heavy atom. The van der Waals surface area contributed by atoms with Crippen molar-refractivity contribution in [3.63, 3.8) is 0 Å². The highest BCUT2D eigenvalue weighted by Gasteiger charge is 2.17. The van der Waals surface area contributed by atoms with Crippen LogP contribution in [0.1, 0.15) is 56.2 Å². The van der Waals surface area contributed by atoms with Gasteiger partial charge < -0.3 is 4.90 Å². The van der Waals surface area contributed by atoms with Crippen molar-refractivity contribution < 1.29 is 8.78 Å². The van der Waals surface area contributed by atoms with Gasteiger partial charge in [-0.05, 0) is 100 Å². The number of rotatable bonds is 3. The maximum atomic E-state index is 12.8. The summed E-state index contributed by atoms with van der Waals surface area (Å²) in [5, 5.41) is 0. The lowest BCUT2D eigenvalue weighted by atomic mass is 9.90. The van der Waals surface area contributed by atoms with E-state index in [1.165, 1.54) is 30.5 Å². The lowest BCUT2D eigenvalue weighted by Crippen LogP contribution is -2.29. The summed E-state index contributed by atoms with van der Waals surface area (Å²) in [5.41, 5.74) is 4.06. The van der Waals surface area contributed by atoms with E-state index in [0.717, 1.165) is 29.9 Å². The van der Waals surface area contributed by atoms with Crippen molar-refractivity contribution in [2.75, 3.05) is 27.2 Å². The summed E-state index contributed by atoms with van der Waals surface area (Å²) >= 11 is 0. The first-order chi connectivity index (χ1) is 14.4. The Bertz CT molecular complexity index is 802. The third kappa shape index (κ3) is 8.19. The van der Waals surface area contributed by atoms with Crippen molar-refractivity contribution in [2.24, 2.45) is 4.99 Å². The number of benzene rings is 2. The molecule has 0 amide bonds. The first-order valence-electron chi connectivity index (χ1n) is 10.7. The molecule has 0 radical (unpaired) electrons. The number of aliphatic imine (C=N–C) groups is 1. The van der Waals surface area contributed by atoms with E-state index in [1.807, 2.05) is 52.0 Å². The molecule has 0 spiro atoms. The average Bonchev–Trinajstić information content (AvgIpc) is 2.76. The van der Waals surface area contributed by atoms with E-state index in [9.17, 15) is 8.78 Å². The number of aryl methyl sites for hydroxylation is 1. The Morgan fingerprint density at radius 3 is 2.07 bits per heavy atom. The topological polar surface area (TPSA) is 15.6 Å². The quantitative estimate of drug-likeness (QED) is 0.505. The Hall–Kier alpha value is -2.33. The van der Waals surface area contributed by atoms with Crippen molar-refractivity contribution in [2.45, 2.75) is 46.5 Å². The standard InChI is InChI=1S/C12H16FN.C12H14FN.C2H6/c1-14-8-6-11(7-9-14)10-2-4-12(13)5-3-10;1-4-5-12(14-3)11-7-6-10(13)8-9(11)2;1-2/h2-5,11H,6-9H2,1H3;4-8H,1-3H3;1-2H3/b;5-4-,14-12?;. The smallest absolute Gasteiger partial charge is 0.123 e. The van der Waals surface area contributed by atoms with Crippen LogP contribution in [0.2, 0.25) is 0 Å². The number of nitrogens with zero attached hydrogens (tertiary/aromatic N) is 2. The zero-order chi connectivity index (χ0) is 22.5. The van der Waals surface area contributed by atoms with Gasteiger partial charge in [0.2, 0.25) is 0 Å². The van der Waals surface area contributed by atoms with Crippen LogP contribution in [-0.4, -0.2) is 37.8 Å². The summed E-state index contributed by atoms with van der Waals surface area (Å²) in [7, 11) is 3.89. The second kappa shape index (κ2) is 13.8. The van der Waals surface area contributed by atoms with Crippen LogP contribution in [0, 0.1) is 18.6 Å². The van der Waals surface area contributed by atoms with Crippen LogP contribution in [0.5, 0.6) is 0 Å². The normalized spacial score (nSPS) is 15.3. The first kappa shape index (κ1) is 25.7. The Labute approximate surface area is 181 Å². The van der Waals surface area contributed by atoms with E-state index in [4.69, 9.17) is 0 Å². The summed E-state index contributed by atoms with van der Waals surface area (Å²) in [6.07, 6.45) is 6.23. The molecule has 30 heavy (non-hydrogen) atoms. The van der Waals surface area contributed by atoms with Crippen LogP contribution in [0.3, 0.4) is 0 Å². The summed E-state index contributed by atoms with van der Waals surface area (Å²) < 4.78 is 25.6. The van der Waals surface area contributed by atoms with Gasteiger partial charge >= 0.3 is 0 Å². The molecule has 3 rings (SSSR count). The highest BCUT2D eigenvalue weighted by molar-refractivity contribution is 6.09. The third-order valence-electron chi connectivity index (χ3n) is 5.09. The van der Waals surface area contributed by atoms with Crippen LogP contribution in [0.4, 0.5) is 8.78 Å². The van der Waals surface area contributed by atoms with Crippen molar-refractivity contribution >= 4 is 5.71 Å². The summed E-state index contributed by atoms with van der Waals surface area (Å²) in [6.45, 7) is 10.1. The second-order valence-electron chi connectivity index (χ2n) is 7.20. The molecule has 0 aromatic heterocycles. The van der Waals surface area contributed by atoms with Gasteiger partial charge in [0.25, 0.3) is 0 Å². The van der Waals surface area contributed by atoms with Gasteiger partial charge in [-0.15, -0.1) is 0 Å². The highest BCUT2D eigenvalue weighted by atomic mass is 19.1. The van der Waals surface area contributed by atoms with Gasteiger partial charge in [-0.25, -0.2) is 8.78 Å². The molecule has 0 aliphatic carbocycles. The van der Waals surface area contributed by atoms with E-state index >= 15 is 0 Å². The van der Waals surface area contributed by atoms with E-state index in [0.29, 0.717) is 5.92 Å². The van der Waals surface area contributed by atoms with Crippen LogP contribution >= 0.6 is 0 Å². The Morgan fingerprint density at radius 1 is 1.00 bits per heavy atom. The lowest BCUT2D eigenvalue weighted by Gasteiger charge is -2.29. The first-order valence-corrected chi connectivity index (χ1v) is 10.7. The number of allylic oxidation sites excluding steroid dienone is 2. The molecule has 1 fully saturated rings. The minimum absolute atomic E-state index is 0.137. The predicted octanol–water partition coefficient (Wildman–Crippen LogP) is 6.79. The Balaban J connectivity index is 0.000000277. The summed E-state index contributed by atoms with van der Waals surface area (Å²) in [6, 6.07) is 11.7. The molecule has 164 valence electrons. The van der Waals surface area contributed by atoms with Gasteiger partial charge in [-0.3, -0.25) is 4.99 Å². The molecule has 0 N–H and O–H groups in total. The fourth-order valence-electron chi connectivity index (χ4n) is 3.43. The maximum absolute atomic E-state index is 12.8. The minimum atomic E-state index is -0.206. The number of halogens is 2. The highest BCUT2D eigenvalue weighted by Crippen LogP contribution is 2.27. The molecular formula is C26H36F2N2. The van der Waals surface area contributed by atoms with Crippen LogP contribution in [0.25, 0.3) is 0 Å². The van der Waals surface area contributed by atoms with Crippen molar-refractivity contribution in [3.05, 3.63) is 82.9 Å². The molecule has 1 aliphatic heterocycles. The maximum Gasteiger partial charge on any atom is 0.123 e. The van der Waals surface area contributed by atoms with Gasteiger partial charge in [0.15, 0.2) is 0 Å². The zero-order valence-corrected chi connectivity index (χ0v) is 19.3. The van der Waals surface area contributed by atoms with E-state index in [1.54, 1.807) is 25.2 Å². The fourth-order valence-corrected chi connectivity index (χ4v) is 3.43. The molecule has 1 aliphatic rings. The molecule has 0 atom stereocenters. The van der Waals surface area contributed by atoms with Crippen molar-refractivity contribution in [3.8, 4) is 0 Å². The average molecular weight is 415 g/mol. The lowest BCUT2D eigenvalue weighted by molar-refractivity contribution is 0.255. The number of piperidine rings is 1. The molecule has 4 heteroatoms. The molecular weight excluding hydrogens is 378 g/mol. The predicted molar refractivity (Wildman–Crippen MR) is 126 cm³/mol. The number of likely N-dealkylation sites (tertiary alicyclic amines) is 1. The summed E-state index contributed by atoms with van der Waals surface area (Å²) in [4.78, 5) is 6.49. The Kier molecular flexibility index (Phi) is 11.8. The SMILES string of the molecule is C/C=C\C(=NC)c1ccc(F)cc1C.CC.CN1CCC(c2ccc(F)cc2)CC1. The summed E-state index contributed by atoms with van der Waals surface area (Å²) in [5.74, 6) is 0.288. The second-order valence-corrected chi connectivity index (χ2v) is 7.20. The molecule has 0 bridgehead atoms. The van der Waals surface area contributed by atoms with Crippen LogP contribution in [0.15, 0.2) is 59.6 Å². The molecule has 2 aromatic rings. The van der Waals surface area contributed by atoms with Gasteiger partial charge in [-0.1, -0.05) is 32.1 Å². The third-order valence-corrected chi connectivity index (χ3v) is 5.09. The number of hydrogen-bond acceptors (Lipinski definition) is 2. The zero-order valence-electron chi connectivity index (χ0n) is 19.3. The molecule has 2 nitrogen and oxygen atoms in total. The molecule has 0 unspecified atom stereocenters. The monoisotopic (exact) mass is 414 g/mol. The van der Waals surface area contributed by atoms with Gasteiger partial charge in [0, 0.05) is 12.6 Å². The van der Waals surface area contributed by atoms with E-state index in [-0.39, 0.29) is 11.6 Å². The molecule has 0 saturated carbocycles. The van der Waals surface area contributed by atoms with E-state index < -0.39 is 0 Å². The molecule has 2 aromatic carbocycles. The van der Waals surface area contributed by atoms with Gasteiger partial charge in [0.05, 0.1) is 5.71 Å². The van der Waals surface area contributed by atoms with Gasteiger partial charge in [-0.2, -0.15) is 0 Å². The van der Waals surface area contributed by atoms with Crippen molar-refractivity contribution in [1.29, 1.82) is 0 Å². The van der Waals surface area contributed by atoms with E-state index in [2.05, 4.69) is 16.9 Å². The fraction of sp³-hybridized carbons (Fsp3) is 0.423. The molecule has 1 heterocycles. The van der Waals surface area contributed by atoms with Gasteiger partial charge in [0.1, 0.15) is 11.6 Å². The van der Waals surface area contributed by atoms with Crippen molar-refractivity contribution in [1.82, 2.24) is 4.90 Å². The minimum Gasteiger partial charge on any atom is -0.306 e. The largest absolute Gasteiger partial charge is 0.306 e. The van der Waals surface area contributed by atoms with Crippen LogP contribution in [-0.2, 0) is 0 Å². The molecule has 1 saturated heterocycles.